The van der Waals surface area contributed by atoms with Crippen LogP contribution in [0.5, 0.6) is 0 Å². The Morgan fingerprint density at radius 2 is 2.10 bits per heavy atom. The molecule has 1 N–H and O–H groups in total. The molecule has 0 saturated carbocycles. The molecule has 0 fully saturated rings. The monoisotopic (exact) mass is 411 g/mol. The number of methoxy groups -OCH3 is 1. The van der Waals surface area contributed by atoms with Crippen molar-refractivity contribution in [3.63, 3.8) is 0 Å². The fourth-order valence-electron chi connectivity index (χ4n) is 3.34. The molecule has 0 saturated heterocycles. The fourth-order valence-corrected chi connectivity index (χ4v) is 3.92. The zero-order chi connectivity index (χ0) is 20.4. The highest BCUT2D eigenvalue weighted by Crippen LogP contribution is 2.39. The lowest BCUT2D eigenvalue weighted by molar-refractivity contribution is -0.137. The van der Waals surface area contributed by atoms with Crippen LogP contribution in [0.3, 0.4) is 0 Å². The smallest absolute Gasteiger partial charge is 0.338 e. The molecule has 0 aliphatic carbocycles. The number of aliphatic imine (C=N–C) groups is 1. The van der Waals surface area contributed by atoms with E-state index in [1.807, 2.05) is 16.9 Å². The molecule has 1 aliphatic rings. The second-order valence-corrected chi connectivity index (χ2v) is 7.48. The van der Waals surface area contributed by atoms with Gasteiger partial charge in [0.2, 0.25) is 0 Å². The van der Waals surface area contributed by atoms with Gasteiger partial charge in [-0.3, -0.25) is 0 Å². The summed E-state index contributed by atoms with van der Waals surface area (Å²) in [7, 11) is 1.33. The van der Waals surface area contributed by atoms with Crippen molar-refractivity contribution in [2.45, 2.75) is 19.0 Å². The Morgan fingerprint density at radius 1 is 1.31 bits per heavy atom. The Labute approximate surface area is 170 Å². The van der Waals surface area contributed by atoms with E-state index in [1.54, 1.807) is 37.1 Å². The second kappa shape index (κ2) is 7.59. The number of nitrogens with one attached hydrogen (secondary N) is 1. The predicted molar refractivity (Wildman–Crippen MR) is 107 cm³/mol. The van der Waals surface area contributed by atoms with E-state index >= 15 is 0 Å². The highest BCUT2D eigenvalue weighted by atomic mass is 32.1. The van der Waals surface area contributed by atoms with Gasteiger partial charge < -0.3 is 14.6 Å². The third-order valence-electron chi connectivity index (χ3n) is 4.72. The summed E-state index contributed by atoms with van der Waals surface area (Å²) >= 11 is 1.43. The molecule has 0 radical (unpaired) electrons. The predicted octanol–water partition coefficient (Wildman–Crippen LogP) is 2.87. The van der Waals surface area contributed by atoms with Gasteiger partial charge in [0.05, 0.1) is 25.6 Å². The van der Waals surface area contributed by atoms with Crippen molar-refractivity contribution < 1.29 is 13.9 Å². The maximum atomic E-state index is 13.6. The number of benzene rings is 1. The average molecular weight is 411 g/mol. The fraction of sp³-hybridized carbons (Fsp3) is 0.200. The van der Waals surface area contributed by atoms with Gasteiger partial charge in [-0.2, -0.15) is 0 Å². The first-order chi connectivity index (χ1) is 14.0. The Hall–Kier alpha value is -3.33. The summed E-state index contributed by atoms with van der Waals surface area (Å²) in [4.78, 5) is 26.1. The number of hydrogen-bond donors (Lipinski definition) is 1. The summed E-state index contributed by atoms with van der Waals surface area (Å²) in [5.74, 6) is -0.339. The highest BCUT2D eigenvalue weighted by Gasteiger charge is 2.42. The number of halogens is 1. The van der Waals surface area contributed by atoms with Gasteiger partial charge >= 0.3 is 5.97 Å². The Balaban J connectivity index is 1.91. The van der Waals surface area contributed by atoms with Crippen molar-refractivity contribution in [2.75, 3.05) is 7.11 Å². The van der Waals surface area contributed by atoms with Crippen molar-refractivity contribution in [1.82, 2.24) is 19.9 Å². The third-order valence-corrected chi connectivity index (χ3v) is 5.50. The van der Waals surface area contributed by atoms with E-state index in [-0.39, 0.29) is 5.82 Å². The molecule has 148 valence electrons. The van der Waals surface area contributed by atoms with E-state index < -0.39 is 11.5 Å². The van der Waals surface area contributed by atoms with Gasteiger partial charge in [0.15, 0.2) is 10.8 Å². The molecule has 1 aromatic carbocycles. The van der Waals surface area contributed by atoms with Crippen molar-refractivity contribution in [3.05, 3.63) is 82.2 Å². The number of amidine groups is 1. The highest BCUT2D eigenvalue weighted by molar-refractivity contribution is 7.11. The molecule has 2 aromatic heterocycles. The maximum absolute atomic E-state index is 13.6. The molecule has 29 heavy (non-hydrogen) atoms. The minimum atomic E-state index is -1.09. The van der Waals surface area contributed by atoms with Crippen LogP contribution in [-0.4, -0.2) is 33.4 Å². The molecular weight excluding hydrogens is 393 g/mol. The quantitative estimate of drug-likeness (QED) is 0.653. The standard InChI is InChI=1S/C20H18FN5O2S/c1-20(13-3-5-14(21)6-4-13)16(19(27)28-2)15(11-26-9-7-22-12-26)24-17(25-20)18-23-8-10-29-18/h3-10,12H,11H2,1-2H3,(H,24,25). The zero-order valence-corrected chi connectivity index (χ0v) is 16.6. The molecule has 0 amide bonds. The summed E-state index contributed by atoms with van der Waals surface area (Å²) in [6, 6.07) is 5.96. The number of rotatable bonds is 5. The van der Waals surface area contributed by atoms with Crippen molar-refractivity contribution in [2.24, 2.45) is 4.99 Å². The Kier molecular flexibility index (Phi) is 4.98. The van der Waals surface area contributed by atoms with Crippen LogP contribution in [0.25, 0.3) is 0 Å². The summed E-state index contributed by atoms with van der Waals surface area (Å²) in [5.41, 5.74) is 0.531. The maximum Gasteiger partial charge on any atom is 0.338 e. The zero-order valence-electron chi connectivity index (χ0n) is 15.8. The minimum Gasteiger partial charge on any atom is -0.466 e. The Morgan fingerprint density at radius 3 is 2.72 bits per heavy atom. The first-order valence-corrected chi connectivity index (χ1v) is 9.69. The summed E-state index contributed by atoms with van der Waals surface area (Å²) in [6.07, 6.45) is 6.81. The summed E-state index contributed by atoms with van der Waals surface area (Å²) in [5, 5.41) is 5.79. The SMILES string of the molecule is COC(=O)C1=C(Cn2ccnc2)NC(c2nccs2)=NC1(C)c1ccc(F)cc1. The second-order valence-electron chi connectivity index (χ2n) is 6.58. The minimum absolute atomic E-state index is 0.348. The summed E-state index contributed by atoms with van der Waals surface area (Å²) in [6.45, 7) is 2.17. The van der Waals surface area contributed by atoms with Gasteiger partial charge in [-0.1, -0.05) is 12.1 Å². The van der Waals surface area contributed by atoms with E-state index in [9.17, 15) is 9.18 Å². The van der Waals surface area contributed by atoms with Gasteiger partial charge in [-0.25, -0.2) is 24.1 Å². The van der Waals surface area contributed by atoms with Gasteiger partial charge in [-0.05, 0) is 24.6 Å². The molecular formula is C20H18FN5O2S. The van der Waals surface area contributed by atoms with Gasteiger partial charge in [0, 0.05) is 29.7 Å². The van der Waals surface area contributed by atoms with Crippen LogP contribution in [0.1, 0.15) is 17.5 Å². The number of hydrogen-bond acceptors (Lipinski definition) is 7. The van der Waals surface area contributed by atoms with Crippen LogP contribution in [0.4, 0.5) is 4.39 Å². The van der Waals surface area contributed by atoms with Crippen LogP contribution in [-0.2, 0) is 21.6 Å². The van der Waals surface area contributed by atoms with Crippen LogP contribution in [0.2, 0.25) is 0 Å². The normalized spacial score (nSPS) is 18.9. The molecule has 4 rings (SSSR count). The lowest BCUT2D eigenvalue weighted by Crippen LogP contribution is -2.42. The van der Waals surface area contributed by atoms with E-state index in [2.05, 4.69) is 15.3 Å². The molecule has 9 heteroatoms. The molecule has 3 heterocycles. The number of aromatic nitrogens is 3. The third kappa shape index (κ3) is 3.56. The van der Waals surface area contributed by atoms with Crippen molar-refractivity contribution >= 4 is 23.1 Å². The average Bonchev–Trinajstić information content (AvgIpc) is 3.42. The number of imidazole rings is 1. The lowest BCUT2D eigenvalue weighted by Gasteiger charge is -2.35. The van der Waals surface area contributed by atoms with Crippen LogP contribution in [0.15, 0.2) is 70.8 Å². The number of carbonyl (C=O) groups excluding carboxylic acids is 1. The molecule has 0 bridgehead atoms. The first-order valence-electron chi connectivity index (χ1n) is 8.81. The van der Waals surface area contributed by atoms with Crippen LogP contribution >= 0.6 is 11.3 Å². The lowest BCUT2D eigenvalue weighted by atomic mass is 9.82. The number of ether oxygens (including phenoxy) is 1. The molecule has 1 unspecified atom stereocenters. The molecule has 1 aliphatic heterocycles. The number of nitrogens with zero attached hydrogens (tertiary/aromatic N) is 4. The number of carbonyl (C=O) groups is 1. The topological polar surface area (TPSA) is 81.4 Å². The number of thiazole rings is 1. The summed E-state index contributed by atoms with van der Waals surface area (Å²) < 4.78 is 20.5. The van der Waals surface area contributed by atoms with E-state index in [1.165, 1.54) is 30.6 Å². The van der Waals surface area contributed by atoms with E-state index in [0.29, 0.717) is 34.2 Å². The van der Waals surface area contributed by atoms with Crippen LogP contribution < -0.4 is 5.32 Å². The molecule has 1 atom stereocenters. The number of esters is 1. The van der Waals surface area contributed by atoms with Gasteiger partial charge in [-0.15, -0.1) is 11.3 Å². The van der Waals surface area contributed by atoms with E-state index in [0.717, 1.165) is 0 Å². The Bertz CT molecular complexity index is 1070. The molecule has 7 nitrogen and oxygen atoms in total. The van der Waals surface area contributed by atoms with Gasteiger partial charge in [0.1, 0.15) is 11.4 Å². The molecule has 0 spiro atoms. The largest absolute Gasteiger partial charge is 0.466 e. The van der Waals surface area contributed by atoms with E-state index in [4.69, 9.17) is 9.73 Å². The van der Waals surface area contributed by atoms with Crippen LogP contribution in [0, 0.1) is 5.82 Å². The first kappa shape index (κ1) is 19.0. The van der Waals surface area contributed by atoms with Crippen molar-refractivity contribution in [3.8, 4) is 0 Å². The number of allylic oxidation sites excluding steroid dienone is 1. The van der Waals surface area contributed by atoms with Gasteiger partial charge in [0.25, 0.3) is 0 Å². The molecule has 3 aromatic rings. The van der Waals surface area contributed by atoms with Crippen molar-refractivity contribution in [1.29, 1.82) is 0 Å².